The summed E-state index contributed by atoms with van der Waals surface area (Å²) in [7, 11) is 0. The Hall–Kier alpha value is -3.67. The Balaban J connectivity index is 4.43. The number of carbonyl (C=O) groups is 3. The van der Waals surface area contributed by atoms with Gasteiger partial charge in [-0.1, -0.05) is 291 Å². The molecule has 6 nitrogen and oxygen atoms in total. The summed E-state index contributed by atoms with van der Waals surface area (Å²) in [5, 5.41) is 0. The van der Waals surface area contributed by atoms with Crippen LogP contribution in [0.25, 0.3) is 0 Å². The van der Waals surface area contributed by atoms with Crippen LogP contribution in [0.15, 0.2) is 97.2 Å². The number of hydrogen-bond donors (Lipinski definition) is 0. The minimum Gasteiger partial charge on any atom is -0.462 e. The summed E-state index contributed by atoms with van der Waals surface area (Å²) in [5.74, 6) is -0.913. The highest BCUT2D eigenvalue weighted by atomic mass is 16.6. The summed E-state index contributed by atoms with van der Waals surface area (Å²) in [6, 6.07) is 0. The van der Waals surface area contributed by atoms with Gasteiger partial charge < -0.3 is 14.2 Å². The van der Waals surface area contributed by atoms with E-state index >= 15 is 0 Å². The highest BCUT2D eigenvalue weighted by molar-refractivity contribution is 5.71. The number of carbonyl (C=O) groups excluding carboxylic acids is 3. The predicted octanol–water partition coefficient (Wildman–Crippen LogP) is 22.4. The van der Waals surface area contributed by atoms with E-state index in [4.69, 9.17) is 14.2 Å². The molecule has 0 rings (SSSR count). The molecule has 0 amide bonds. The van der Waals surface area contributed by atoms with Crippen molar-refractivity contribution in [1.29, 1.82) is 0 Å². The van der Waals surface area contributed by atoms with Gasteiger partial charge in [-0.2, -0.15) is 0 Å². The number of hydrogen-bond acceptors (Lipinski definition) is 6. The Kier molecular flexibility index (Phi) is 61.8. The summed E-state index contributed by atoms with van der Waals surface area (Å²) in [6.07, 6.45) is 86.9. The van der Waals surface area contributed by atoms with E-state index in [-0.39, 0.29) is 31.1 Å². The lowest BCUT2D eigenvalue weighted by Gasteiger charge is -2.18. The molecule has 0 aliphatic heterocycles. The van der Waals surface area contributed by atoms with Gasteiger partial charge in [0, 0.05) is 19.3 Å². The molecular formula is C71H122O6. The lowest BCUT2D eigenvalue weighted by molar-refractivity contribution is -0.167. The molecule has 0 aromatic rings. The zero-order valence-electron chi connectivity index (χ0n) is 50.7. The van der Waals surface area contributed by atoms with Crippen molar-refractivity contribution in [3.05, 3.63) is 97.2 Å². The average molecular weight is 1070 g/mol. The van der Waals surface area contributed by atoms with E-state index in [9.17, 15) is 14.4 Å². The van der Waals surface area contributed by atoms with Crippen LogP contribution in [0.4, 0.5) is 0 Å². The highest BCUT2D eigenvalue weighted by Crippen LogP contribution is 2.16. The molecule has 6 heteroatoms. The van der Waals surface area contributed by atoms with Crippen molar-refractivity contribution in [3.8, 4) is 0 Å². The van der Waals surface area contributed by atoms with Crippen molar-refractivity contribution in [2.45, 2.75) is 322 Å². The van der Waals surface area contributed by atoms with Gasteiger partial charge in [0.05, 0.1) is 0 Å². The molecule has 0 saturated heterocycles. The number of allylic oxidation sites excluding steroid dienone is 16. The molecule has 0 aromatic carbocycles. The number of unbranched alkanes of at least 4 members (excludes halogenated alkanes) is 32. The minimum atomic E-state index is -0.794. The van der Waals surface area contributed by atoms with Gasteiger partial charge in [0.25, 0.3) is 0 Å². The Morgan fingerprint density at radius 1 is 0.273 bits per heavy atom. The van der Waals surface area contributed by atoms with E-state index < -0.39 is 6.10 Å². The van der Waals surface area contributed by atoms with Crippen molar-refractivity contribution < 1.29 is 28.6 Å². The molecule has 0 aliphatic carbocycles. The largest absolute Gasteiger partial charge is 0.462 e. The van der Waals surface area contributed by atoms with E-state index in [0.717, 1.165) is 109 Å². The maximum absolute atomic E-state index is 12.9. The van der Waals surface area contributed by atoms with Crippen LogP contribution in [0.5, 0.6) is 0 Å². The Morgan fingerprint density at radius 3 is 0.818 bits per heavy atom. The van der Waals surface area contributed by atoms with E-state index in [0.29, 0.717) is 19.3 Å². The zero-order valence-corrected chi connectivity index (χ0v) is 50.7. The Labute approximate surface area is 477 Å². The molecule has 0 spiro atoms. The van der Waals surface area contributed by atoms with Gasteiger partial charge in [-0.25, -0.2) is 0 Å². The van der Waals surface area contributed by atoms with Crippen LogP contribution in [-0.2, 0) is 28.6 Å². The van der Waals surface area contributed by atoms with E-state index in [1.807, 2.05) is 0 Å². The lowest BCUT2D eigenvalue weighted by atomic mass is 10.0. The van der Waals surface area contributed by atoms with Gasteiger partial charge in [-0.15, -0.1) is 0 Å². The first-order valence-electron chi connectivity index (χ1n) is 32.7. The first kappa shape index (κ1) is 73.3. The fraction of sp³-hybridized carbons (Fsp3) is 0.732. The SMILES string of the molecule is CC/C=C\C/C=C\C/C=C\C/C=C\C/C=C\C/C=C\C/C=C\CCCCCC(=O)OCC(COC(=O)CCCCCCCCCCCCCCCCCCC)OC(=O)CCCCCCCCC/C=C\CCCCCCCC. The van der Waals surface area contributed by atoms with Crippen LogP contribution < -0.4 is 0 Å². The molecule has 0 bridgehead atoms. The number of esters is 3. The summed E-state index contributed by atoms with van der Waals surface area (Å²) in [5.41, 5.74) is 0. The summed E-state index contributed by atoms with van der Waals surface area (Å²) in [6.45, 7) is 6.53. The lowest BCUT2D eigenvalue weighted by Crippen LogP contribution is -2.30. The van der Waals surface area contributed by atoms with Gasteiger partial charge >= 0.3 is 17.9 Å². The predicted molar refractivity (Wildman–Crippen MR) is 334 cm³/mol. The van der Waals surface area contributed by atoms with Gasteiger partial charge in [0.15, 0.2) is 6.10 Å². The third-order valence-corrected chi connectivity index (χ3v) is 14.1. The standard InChI is InChI=1S/C71H122O6/c1-4-7-10-13-16-19-22-25-28-31-32-33-34-35-36-37-38-41-43-46-49-52-55-58-61-64-70(73)76-67-68(77-71(74)65-62-59-56-53-50-47-44-40-30-27-24-21-18-15-12-9-6-3)66-75-69(72)63-60-57-54-51-48-45-42-39-29-26-23-20-17-14-11-8-5-2/h7,10,16,19,25,27-28,30,32-33,35-36,38,41,46,49,68H,4-6,8-9,11-15,17-18,20-24,26,29,31,34,37,39-40,42-45,47-48,50-67H2,1-3H3/b10-7-,19-16-,28-25-,30-27-,33-32-,36-35-,41-38-,49-46-. The van der Waals surface area contributed by atoms with Crippen LogP contribution >= 0.6 is 0 Å². The van der Waals surface area contributed by atoms with Crippen LogP contribution in [0.1, 0.15) is 316 Å². The molecule has 442 valence electrons. The molecule has 0 radical (unpaired) electrons. The summed E-state index contributed by atoms with van der Waals surface area (Å²) >= 11 is 0. The Bertz CT molecular complexity index is 1510. The molecule has 0 fully saturated rings. The van der Waals surface area contributed by atoms with Crippen LogP contribution in [-0.4, -0.2) is 37.2 Å². The number of rotatable bonds is 59. The fourth-order valence-corrected chi connectivity index (χ4v) is 9.18. The molecule has 0 N–H and O–H groups in total. The maximum Gasteiger partial charge on any atom is 0.306 e. The van der Waals surface area contributed by atoms with Crippen LogP contribution in [0.2, 0.25) is 0 Å². The molecule has 1 atom stereocenters. The van der Waals surface area contributed by atoms with Crippen molar-refractivity contribution in [1.82, 2.24) is 0 Å². The average Bonchev–Trinajstić information content (AvgIpc) is 3.43. The number of ether oxygens (including phenoxy) is 3. The third-order valence-electron chi connectivity index (χ3n) is 14.1. The monoisotopic (exact) mass is 1070 g/mol. The highest BCUT2D eigenvalue weighted by Gasteiger charge is 2.19. The van der Waals surface area contributed by atoms with Crippen molar-refractivity contribution in [2.75, 3.05) is 13.2 Å². The van der Waals surface area contributed by atoms with Gasteiger partial charge in [0.2, 0.25) is 0 Å². The normalized spacial score (nSPS) is 12.7. The van der Waals surface area contributed by atoms with Crippen LogP contribution in [0, 0.1) is 0 Å². The first-order valence-corrected chi connectivity index (χ1v) is 32.7. The van der Waals surface area contributed by atoms with E-state index in [1.54, 1.807) is 0 Å². The van der Waals surface area contributed by atoms with Crippen molar-refractivity contribution in [2.24, 2.45) is 0 Å². The van der Waals surface area contributed by atoms with Crippen molar-refractivity contribution >= 4 is 17.9 Å². The van der Waals surface area contributed by atoms with Gasteiger partial charge in [-0.05, 0) is 103 Å². The fourth-order valence-electron chi connectivity index (χ4n) is 9.18. The Morgan fingerprint density at radius 2 is 0.506 bits per heavy atom. The molecule has 0 aliphatic rings. The zero-order chi connectivity index (χ0) is 55.7. The second kappa shape index (κ2) is 64.9. The molecule has 1 unspecified atom stereocenters. The van der Waals surface area contributed by atoms with Gasteiger partial charge in [0.1, 0.15) is 13.2 Å². The first-order chi connectivity index (χ1) is 38.0. The quantitative estimate of drug-likeness (QED) is 0.0261. The second-order valence-electron chi connectivity index (χ2n) is 21.6. The molecule has 0 heterocycles. The molecule has 0 saturated carbocycles. The van der Waals surface area contributed by atoms with Crippen LogP contribution in [0.3, 0.4) is 0 Å². The smallest absolute Gasteiger partial charge is 0.306 e. The van der Waals surface area contributed by atoms with Crippen molar-refractivity contribution in [3.63, 3.8) is 0 Å². The topological polar surface area (TPSA) is 78.9 Å². The molecule has 0 aromatic heterocycles. The minimum absolute atomic E-state index is 0.0873. The maximum atomic E-state index is 12.9. The third kappa shape index (κ3) is 63.0. The molecule has 77 heavy (non-hydrogen) atoms. The summed E-state index contributed by atoms with van der Waals surface area (Å²) in [4.78, 5) is 38.4. The van der Waals surface area contributed by atoms with E-state index in [2.05, 4.69) is 118 Å². The summed E-state index contributed by atoms with van der Waals surface area (Å²) < 4.78 is 16.9. The molecular weight excluding hydrogens is 949 g/mol. The van der Waals surface area contributed by atoms with Gasteiger partial charge in [-0.3, -0.25) is 14.4 Å². The second-order valence-corrected chi connectivity index (χ2v) is 21.6. The van der Waals surface area contributed by atoms with E-state index in [1.165, 1.54) is 167 Å².